The third kappa shape index (κ3) is 3.99. The fourth-order valence-electron chi connectivity index (χ4n) is 1.87. The first-order valence-corrected chi connectivity index (χ1v) is 7.21. The molecule has 4 heteroatoms. The van der Waals surface area contributed by atoms with Gasteiger partial charge in [0.05, 0.1) is 11.6 Å². The highest BCUT2D eigenvalue weighted by atomic mass is 79.9. The van der Waals surface area contributed by atoms with E-state index in [1.165, 1.54) is 5.56 Å². The van der Waals surface area contributed by atoms with Crippen LogP contribution < -0.4 is 14.8 Å². The predicted octanol–water partition coefficient (Wildman–Crippen LogP) is 3.76. The van der Waals surface area contributed by atoms with E-state index in [1.54, 1.807) is 7.11 Å². The summed E-state index contributed by atoms with van der Waals surface area (Å²) in [4.78, 5) is 0. The summed E-state index contributed by atoms with van der Waals surface area (Å²) >= 11 is 3.47. The maximum absolute atomic E-state index is 5.77. The third-order valence-electron chi connectivity index (χ3n) is 2.93. The van der Waals surface area contributed by atoms with Crippen LogP contribution in [0.2, 0.25) is 0 Å². The lowest BCUT2D eigenvalue weighted by Crippen LogP contribution is -2.04. The van der Waals surface area contributed by atoms with E-state index in [0.717, 1.165) is 28.1 Å². The zero-order valence-electron chi connectivity index (χ0n) is 11.7. The van der Waals surface area contributed by atoms with E-state index in [4.69, 9.17) is 9.47 Å². The maximum atomic E-state index is 5.77. The molecule has 3 nitrogen and oxygen atoms in total. The van der Waals surface area contributed by atoms with Crippen molar-refractivity contribution >= 4 is 15.9 Å². The molecule has 0 aromatic heterocycles. The maximum Gasteiger partial charge on any atom is 0.133 e. The monoisotopic (exact) mass is 335 g/mol. The van der Waals surface area contributed by atoms with E-state index in [-0.39, 0.29) is 0 Å². The van der Waals surface area contributed by atoms with Crippen molar-refractivity contribution in [2.45, 2.75) is 13.2 Å². The first-order chi connectivity index (χ1) is 9.72. The summed E-state index contributed by atoms with van der Waals surface area (Å²) in [6, 6.07) is 14.0. The van der Waals surface area contributed by atoms with Crippen LogP contribution in [0.1, 0.15) is 11.1 Å². The summed E-state index contributed by atoms with van der Waals surface area (Å²) < 4.78 is 11.9. The summed E-state index contributed by atoms with van der Waals surface area (Å²) in [6.45, 7) is 1.40. The number of hydrogen-bond donors (Lipinski definition) is 1. The van der Waals surface area contributed by atoms with Crippen LogP contribution in [0.4, 0.5) is 0 Å². The van der Waals surface area contributed by atoms with Crippen molar-refractivity contribution < 1.29 is 9.47 Å². The molecule has 0 aliphatic carbocycles. The number of hydrogen-bond acceptors (Lipinski definition) is 3. The minimum atomic E-state index is 0.536. The van der Waals surface area contributed by atoms with E-state index in [0.29, 0.717) is 6.61 Å². The quantitative estimate of drug-likeness (QED) is 0.871. The van der Waals surface area contributed by atoms with E-state index >= 15 is 0 Å². The van der Waals surface area contributed by atoms with Crippen LogP contribution in [0.3, 0.4) is 0 Å². The second-order valence-electron chi connectivity index (χ2n) is 4.43. The highest BCUT2D eigenvalue weighted by Gasteiger charge is 2.02. The molecule has 0 saturated heterocycles. The van der Waals surface area contributed by atoms with Crippen LogP contribution in [0.15, 0.2) is 46.9 Å². The molecule has 1 N–H and O–H groups in total. The van der Waals surface area contributed by atoms with Crippen molar-refractivity contribution in [3.8, 4) is 11.5 Å². The molecule has 0 aliphatic rings. The minimum Gasteiger partial charge on any atom is -0.496 e. The zero-order chi connectivity index (χ0) is 14.4. The molecule has 0 bridgehead atoms. The molecule has 2 rings (SSSR count). The van der Waals surface area contributed by atoms with Gasteiger partial charge in [0, 0.05) is 6.54 Å². The molecule has 0 radical (unpaired) electrons. The molecule has 20 heavy (non-hydrogen) atoms. The van der Waals surface area contributed by atoms with Gasteiger partial charge in [-0.15, -0.1) is 0 Å². The number of nitrogens with one attached hydrogen (secondary N) is 1. The fraction of sp³-hybridized carbons (Fsp3) is 0.250. The Hall–Kier alpha value is -1.52. The summed E-state index contributed by atoms with van der Waals surface area (Å²) in [5.41, 5.74) is 2.34. The molecule has 0 aliphatic heterocycles. The fourth-order valence-corrected chi connectivity index (χ4v) is 2.46. The van der Waals surface area contributed by atoms with E-state index in [2.05, 4.69) is 33.4 Å². The van der Waals surface area contributed by atoms with Gasteiger partial charge in [-0.25, -0.2) is 0 Å². The standard InChI is InChI=1S/C16H18BrNO2/c1-18-10-12-3-6-14(7-4-12)20-11-13-5-8-16(19-2)15(17)9-13/h3-9,18H,10-11H2,1-2H3. The summed E-state index contributed by atoms with van der Waals surface area (Å²) in [5.74, 6) is 1.70. The van der Waals surface area contributed by atoms with Crippen molar-refractivity contribution in [1.82, 2.24) is 5.32 Å². The Balaban J connectivity index is 1.96. The van der Waals surface area contributed by atoms with Gasteiger partial charge in [-0.1, -0.05) is 18.2 Å². The van der Waals surface area contributed by atoms with E-state index in [9.17, 15) is 0 Å². The molecule has 0 fully saturated rings. The van der Waals surface area contributed by atoms with Crippen LogP contribution in [0, 0.1) is 0 Å². The highest BCUT2D eigenvalue weighted by Crippen LogP contribution is 2.26. The van der Waals surface area contributed by atoms with Crippen molar-refractivity contribution in [2.75, 3.05) is 14.2 Å². The number of benzene rings is 2. The number of rotatable bonds is 6. The first-order valence-electron chi connectivity index (χ1n) is 6.41. The Bertz CT molecular complexity index is 555. The van der Waals surface area contributed by atoms with Crippen molar-refractivity contribution in [3.63, 3.8) is 0 Å². The van der Waals surface area contributed by atoms with Gasteiger partial charge < -0.3 is 14.8 Å². The lowest BCUT2D eigenvalue weighted by Gasteiger charge is -2.09. The predicted molar refractivity (Wildman–Crippen MR) is 84.2 cm³/mol. The Labute approximate surface area is 128 Å². The van der Waals surface area contributed by atoms with Crippen molar-refractivity contribution in [1.29, 1.82) is 0 Å². The molecule has 0 saturated carbocycles. The Morgan fingerprint density at radius 3 is 2.35 bits per heavy atom. The zero-order valence-corrected chi connectivity index (χ0v) is 13.2. The molecule has 106 valence electrons. The lowest BCUT2D eigenvalue weighted by atomic mass is 10.2. The Kier molecular flexibility index (Phi) is 5.44. The molecule has 2 aromatic rings. The van der Waals surface area contributed by atoms with Crippen LogP contribution in [0.25, 0.3) is 0 Å². The van der Waals surface area contributed by atoms with Crippen LogP contribution in [-0.4, -0.2) is 14.2 Å². The highest BCUT2D eigenvalue weighted by molar-refractivity contribution is 9.10. The molecule has 0 heterocycles. The SMILES string of the molecule is CNCc1ccc(OCc2ccc(OC)c(Br)c2)cc1. The van der Waals surface area contributed by atoms with Gasteiger partial charge >= 0.3 is 0 Å². The summed E-state index contributed by atoms with van der Waals surface area (Å²) in [7, 11) is 3.59. The van der Waals surface area contributed by atoms with E-state index in [1.807, 2.05) is 37.4 Å². The van der Waals surface area contributed by atoms with Crippen LogP contribution in [0.5, 0.6) is 11.5 Å². The van der Waals surface area contributed by atoms with Gasteiger partial charge in [0.1, 0.15) is 18.1 Å². The summed E-state index contributed by atoms with van der Waals surface area (Å²) in [6.07, 6.45) is 0. The lowest BCUT2D eigenvalue weighted by molar-refractivity contribution is 0.305. The average Bonchev–Trinajstić information content (AvgIpc) is 2.47. The molecule has 2 aromatic carbocycles. The molecule has 0 unspecified atom stereocenters. The average molecular weight is 336 g/mol. The number of halogens is 1. The topological polar surface area (TPSA) is 30.5 Å². The Morgan fingerprint density at radius 2 is 1.75 bits per heavy atom. The molecule has 0 amide bonds. The number of methoxy groups -OCH3 is 1. The largest absolute Gasteiger partial charge is 0.496 e. The molecule has 0 atom stereocenters. The summed E-state index contributed by atoms with van der Waals surface area (Å²) in [5, 5.41) is 3.12. The second-order valence-corrected chi connectivity index (χ2v) is 5.29. The van der Waals surface area contributed by atoms with Crippen molar-refractivity contribution in [3.05, 3.63) is 58.1 Å². The van der Waals surface area contributed by atoms with Gasteiger partial charge in [0.15, 0.2) is 0 Å². The second kappa shape index (κ2) is 7.31. The van der Waals surface area contributed by atoms with Gasteiger partial charge in [-0.2, -0.15) is 0 Å². The van der Waals surface area contributed by atoms with E-state index < -0.39 is 0 Å². The van der Waals surface area contributed by atoms with Crippen molar-refractivity contribution in [2.24, 2.45) is 0 Å². The number of ether oxygens (including phenoxy) is 2. The molecular weight excluding hydrogens is 318 g/mol. The minimum absolute atomic E-state index is 0.536. The van der Waals surface area contributed by atoms with Gasteiger partial charge in [-0.05, 0) is 58.4 Å². The van der Waals surface area contributed by atoms with Crippen LogP contribution in [-0.2, 0) is 13.2 Å². The van der Waals surface area contributed by atoms with Crippen LogP contribution >= 0.6 is 15.9 Å². The first kappa shape index (κ1) is 14.9. The van der Waals surface area contributed by atoms with Gasteiger partial charge in [-0.3, -0.25) is 0 Å². The van der Waals surface area contributed by atoms with Gasteiger partial charge in [0.2, 0.25) is 0 Å². The smallest absolute Gasteiger partial charge is 0.133 e. The normalized spacial score (nSPS) is 10.3. The Morgan fingerprint density at radius 1 is 1.05 bits per heavy atom. The third-order valence-corrected chi connectivity index (χ3v) is 3.55. The molecule has 0 spiro atoms. The van der Waals surface area contributed by atoms with Gasteiger partial charge in [0.25, 0.3) is 0 Å². The molecular formula is C16H18BrNO2.